The average Bonchev–Trinajstić information content (AvgIpc) is 3.20. The molecule has 238 valence electrons. The molecule has 4 aromatic heterocycles. The number of hydrogen-bond acceptors (Lipinski definition) is 6. The van der Waals surface area contributed by atoms with Gasteiger partial charge >= 0.3 is 0 Å². The molecule has 0 saturated heterocycles. The molecule has 2 N–H and O–H groups in total. The van der Waals surface area contributed by atoms with Crippen LogP contribution in [0.1, 0.15) is 0 Å². The highest BCUT2D eigenvalue weighted by molar-refractivity contribution is 7.41. The van der Waals surface area contributed by atoms with Crippen LogP contribution in [0.15, 0.2) is 146 Å². The Hall–Kier alpha value is -5.48. The maximum Gasteiger partial charge on any atom is 0.0972 e. The van der Waals surface area contributed by atoms with Crippen LogP contribution in [0, 0.1) is 0 Å². The number of benzene rings is 5. The fraction of sp³-hybridized carbons (Fsp3) is 0. The van der Waals surface area contributed by atoms with Crippen LogP contribution in [0.5, 0.6) is 0 Å². The van der Waals surface area contributed by atoms with E-state index in [1.165, 1.54) is 0 Å². The summed E-state index contributed by atoms with van der Waals surface area (Å²) in [5.74, 6) is 0. The van der Waals surface area contributed by atoms with Gasteiger partial charge < -0.3 is 9.79 Å². The van der Waals surface area contributed by atoms with Crippen molar-refractivity contribution >= 4 is 71.8 Å². The average molecular weight is 683 g/mol. The summed E-state index contributed by atoms with van der Waals surface area (Å²) in [4.78, 5) is 39.5. The minimum absolute atomic E-state index is 0.228. The highest BCUT2D eigenvalue weighted by atomic mass is 31.1. The fourth-order valence-electron chi connectivity index (χ4n) is 6.45. The van der Waals surface area contributed by atoms with Crippen LogP contribution in [0.2, 0.25) is 0 Å². The Balaban J connectivity index is 1.11. The summed E-state index contributed by atoms with van der Waals surface area (Å²) in [6.45, 7) is 0. The van der Waals surface area contributed by atoms with Gasteiger partial charge in [0.25, 0.3) is 0 Å². The summed E-state index contributed by atoms with van der Waals surface area (Å²) in [6, 6.07) is 49.0. The third kappa shape index (κ3) is 5.59. The van der Waals surface area contributed by atoms with Crippen molar-refractivity contribution in [2.75, 3.05) is 0 Å². The molecule has 0 radical (unpaired) electrons. The predicted molar refractivity (Wildman–Crippen MR) is 210 cm³/mol. The molecule has 0 aliphatic heterocycles. The molecular weight excluding hydrogens is 654 g/mol. The van der Waals surface area contributed by atoms with Crippen molar-refractivity contribution in [1.82, 2.24) is 19.9 Å². The molecule has 0 saturated carbocycles. The molecule has 2 atom stereocenters. The van der Waals surface area contributed by atoms with E-state index < -0.39 is 0 Å². The molecule has 0 aliphatic rings. The predicted octanol–water partition coefficient (Wildman–Crippen LogP) is 8.97. The first kappa shape index (κ1) is 30.6. The van der Waals surface area contributed by atoms with Gasteiger partial charge in [0.1, 0.15) is 0 Å². The maximum absolute atomic E-state index is 9.49. The van der Waals surface area contributed by atoms with Crippen LogP contribution in [0.4, 0.5) is 0 Å². The van der Waals surface area contributed by atoms with Crippen molar-refractivity contribution in [3.8, 4) is 45.0 Å². The Morgan fingerprint density at radius 1 is 0.320 bits per heavy atom. The maximum atomic E-state index is 9.49. The summed E-state index contributed by atoms with van der Waals surface area (Å²) in [5.41, 5.74) is 10.8. The van der Waals surface area contributed by atoms with Crippen LogP contribution < -0.4 is 10.6 Å². The number of pyridine rings is 4. The van der Waals surface area contributed by atoms with Crippen molar-refractivity contribution in [2.45, 2.75) is 0 Å². The monoisotopic (exact) mass is 682 g/mol. The van der Waals surface area contributed by atoms with Crippen LogP contribution in [0.3, 0.4) is 0 Å². The molecule has 4 heterocycles. The molecule has 0 spiro atoms. The number of fused-ring (bicyclic) bond motifs is 6. The molecule has 2 unspecified atom stereocenters. The lowest BCUT2D eigenvalue weighted by Crippen LogP contribution is -1.94. The molecule has 0 amide bonds. The van der Waals surface area contributed by atoms with Crippen LogP contribution in [0.25, 0.3) is 88.6 Å². The lowest BCUT2D eigenvalue weighted by Gasteiger charge is -2.10. The summed E-state index contributed by atoms with van der Waals surface area (Å²) < 4.78 is 0. The smallest absolute Gasteiger partial charge is 0.0972 e. The second-order valence-electron chi connectivity index (χ2n) is 12.2. The largest absolute Gasteiger partial charge is 0.372 e. The Kier molecular flexibility index (Phi) is 7.80. The molecule has 0 aliphatic carbocycles. The highest BCUT2D eigenvalue weighted by Gasteiger charge is 2.12. The van der Waals surface area contributed by atoms with Gasteiger partial charge in [0.15, 0.2) is 0 Å². The standard InChI is InChI=1S/C42H28N4O2P2/c47-49-33-16-8-25(9-17-33)35-20-12-27-4-6-29-14-22-37(45-41(29)39(27)43-35)31-2-1-3-32(24-31)38-23-15-30-7-5-28-13-21-36(44-40(28)42(30)46-38)26-10-18-34(50-48)19-11-26/h1-24,47-50H. The molecule has 8 heteroatoms. The molecule has 5 aromatic carbocycles. The van der Waals surface area contributed by atoms with Gasteiger partial charge in [0.05, 0.1) is 44.8 Å². The number of nitrogens with zero attached hydrogens (tertiary/aromatic N) is 4. The van der Waals surface area contributed by atoms with Gasteiger partial charge in [-0.3, -0.25) is 0 Å². The first-order valence-electron chi connectivity index (χ1n) is 16.2. The van der Waals surface area contributed by atoms with Crippen LogP contribution in [-0.4, -0.2) is 29.7 Å². The van der Waals surface area contributed by atoms with Crippen LogP contribution in [-0.2, 0) is 0 Å². The van der Waals surface area contributed by atoms with Gasteiger partial charge in [-0.15, -0.1) is 0 Å². The van der Waals surface area contributed by atoms with Gasteiger partial charge in [0.2, 0.25) is 0 Å². The Bertz CT molecular complexity index is 2550. The second kappa shape index (κ2) is 12.8. The minimum atomic E-state index is -0.228. The molecular formula is C42H28N4O2P2. The summed E-state index contributed by atoms with van der Waals surface area (Å²) in [6.07, 6.45) is 0. The highest BCUT2D eigenvalue weighted by Crippen LogP contribution is 2.32. The van der Waals surface area contributed by atoms with Gasteiger partial charge in [-0.05, 0) is 40.9 Å². The van der Waals surface area contributed by atoms with E-state index in [0.717, 1.165) is 99.3 Å². The van der Waals surface area contributed by atoms with E-state index in [2.05, 4.69) is 84.9 Å². The molecule has 9 aromatic rings. The summed E-state index contributed by atoms with van der Waals surface area (Å²) >= 11 is 0. The topological polar surface area (TPSA) is 92.0 Å². The summed E-state index contributed by atoms with van der Waals surface area (Å²) in [7, 11) is -0.456. The summed E-state index contributed by atoms with van der Waals surface area (Å²) in [5, 5.41) is 5.90. The fourth-order valence-corrected chi connectivity index (χ4v) is 7.08. The van der Waals surface area contributed by atoms with E-state index in [1.54, 1.807) is 0 Å². The molecule has 50 heavy (non-hydrogen) atoms. The minimum Gasteiger partial charge on any atom is -0.372 e. The normalized spacial score (nSPS) is 12.0. The van der Waals surface area contributed by atoms with E-state index in [0.29, 0.717) is 0 Å². The second-order valence-corrected chi connectivity index (χ2v) is 13.8. The van der Waals surface area contributed by atoms with Crippen molar-refractivity contribution < 1.29 is 9.79 Å². The van der Waals surface area contributed by atoms with E-state index in [9.17, 15) is 9.79 Å². The first-order chi connectivity index (χ1) is 24.6. The quantitative estimate of drug-likeness (QED) is 0.134. The SMILES string of the molecule is OPc1ccc(-c2ccc3ccc4ccc(-c5cccc(-c6ccc7ccc8ccc(-c9ccc(PO)cc9)nc8c7n6)c5)nc4c3n2)cc1. The van der Waals surface area contributed by atoms with Crippen molar-refractivity contribution in [2.24, 2.45) is 0 Å². The lowest BCUT2D eigenvalue weighted by molar-refractivity contribution is 0.654. The van der Waals surface area contributed by atoms with E-state index in [-0.39, 0.29) is 17.6 Å². The number of aromatic nitrogens is 4. The van der Waals surface area contributed by atoms with Crippen molar-refractivity contribution in [3.63, 3.8) is 0 Å². The zero-order chi connectivity index (χ0) is 33.6. The van der Waals surface area contributed by atoms with E-state index >= 15 is 0 Å². The number of hydrogen-bond donors (Lipinski definition) is 2. The Labute approximate surface area is 291 Å². The Morgan fingerprint density at radius 3 is 0.940 bits per heavy atom. The van der Waals surface area contributed by atoms with Gasteiger partial charge in [-0.1, -0.05) is 115 Å². The van der Waals surface area contributed by atoms with E-state index in [4.69, 9.17) is 19.9 Å². The molecule has 9 rings (SSSR count). The molecule has 6 nitrogen and oxygen atoms in total. The van der Waals surface area contributed by atoms with Gasteiger partial charge in [-0.25, -0.2) is 19.9 Å². The third-order valence-corrected chi connectivity index (χ3v) is 10.3. The van der Waals surface area contributed by atoms with Gasteiger partial charge in [-0.2, -0.15) is 0 Å². The molecule has 0 bridgehead atoms. The zero-order valence-corrected chi connectivity index (χ0v) is 28.5. The van der Waals surface area contributed by atoms with Crippen molar-refractivity contribution in [1.29, 1.82) is 0 Å². The third-order valence-electron chi connectivity index (χ3n) is 9.11. The van der Waals surface area contributed by atoms with Crippen molar-refractivity contribution in [3.05, 3.63) is 146 Å². The first-order valence-corrected chi connectivity index (χ1v) is 18.1. The molecule has 0 fully saturated rings. The van der Waals surface area contributed by atoms with Crippen LogP contribution >= 0.6 is 17.6 Å². The van der Waals surface area contributed by atoms with E-state index in [1.807, 2.05) is 60.7 Å². The zero-order valence-electron chi connectivity index (χ0n) is 26.5. The van der Waals surface area contributed by atoms with Gasteiger partial charge in [0, 0.05) is 61.4 Å². The number of rotatable bonds is 6. The Morgan fingerprint density at radius 2 is 0.620 bits per heavy atom. The lowest BCUT2D eigenvalue weighted by atomic mass is 10.0.